The van der Waals surface area contributed by atoms with E-state index in [1.54, 1.807) is 18.0 Å². The van der Waals surface area contributed by atoms with Gasteiger partial charge in [-0.15, -0.1) is 0 Å². The van der Waals surface area contributed by atoms with Crippen LogP contribution in [0.1, 0.15) is 32.3 Å². The van der Waals surface area contributed by atoms with E-state index in [2.05, 4.69) is 24.1 Å². The van der Waals surface area contributed by atoms with Crippen LogP contribution in [0.5, 0.6) is 0 Å². The molecule has 2 amide bonds. The van der Waals surface area contributed by atoms with Crippen molar-refractivity contribution in [3.05, 3.63) is 28.8 Å². The maximum Gasteiger partial charge on any atom is 0.323 e. The second-order valence-corrected chi connectivity index (χ2v) is 6.50. The number of amides is 2. The summed E-state index contributed by atoms with van der Waals surface area (Å²) in [7, 11) is 1.77. The third-order valence-electron chi connectivity index (χ3n) is 4.33. The summed E-state index contributed by atoms with van der Waals surface area (Å²) in [6.07, 6.45) is 2.27. The van der Waals surface area contributed by atoms with E-state index < -0.39 is 5.54 Å². The highest BCUT2D eigenvalue weighted by Gasteiger charge is 2.41. The van der Waals surface area contributed by atoms with Gasteiger partial charge >= 0.3 is 6.03 Å². The fourth-order valence-electron chi connectivity index (χ4n) is 2.35. The van der Waals surface area contributed by atoms with E-state index in [9.17, 15) is 4.79 Å². The summed E-state index contributed by atoms with van der Waals surface area (Å²) in [5.74, 6) is 6.66. The molecule has 3 rings (SSSR count). The molecular formula is C16H17ClN2O. The Labute approximate surface area is 124 Å². The van der Waals surface area contributed by atoms with Gasteiger partial charge in [0.1, 0.15) is 5.54 Å². The van der Waals surface area contributed by atoms with Crippen LogP contribution in [0.25, 0.3) is 0 Å². The second kappa shape index (κ2) is 4.17. The monoisotopic (exact) mass is 288 g/mol. The highest BCUT2D eigenvalue weighted by atomic mass is 35.5. The zero-order valence-corrected chi connectivity index (χ0v) is 12.6. The zero-order valence-electron chi connectivity index (χ0n) is 11.9. The largest absolute Gasteiger partial charge is 0.323 e. The van der Waals surface area contributed by atoms with Crippen molar-refractivity contribution in [2.24, 2.45) is 5.41 Å². The first-order valence-electron chi connectivity index (χ1n) is 6.73. The van der Waals surface area contributed by atoms with E-state index in [1.165, 1.54) is 0 Å². The molecule has 1 N–H and O–H groups in total. The Bertz CT molecular complexity index is 654. The molecular weight excluding hydrogens is 272 g/mol. The lowest BCUT2D eigenvalue weighted by Gasteiger charge is -2.40. The van der Waals surface area contributed by atoms with Crippen molar-refractivity contribution in [1.29, 1.82) is 0 Å². The van der Waals surface area contributed by atoms with Crippen LogP contribution in [0.4, 0.5) is 10.5 Å². The van der Waals surface area contributed by atoms with E-state index >= 15 is 0 Å². The van der Waals surface area contributed by atoms with Crippen LogP contribution < -0.4 is 5.32 Å². The van der Waals surface area contributed by atoms with Gasteiger partial charge in [-0.05, 0) is 44.9 Å². The van der Waals surface area contributed by atoms with Gasteiger partial charge in [-0.2, -0.15) is 0 Å². The molecule has 1 heterocycles. The molecule has 104 valence electrons. The lowest BCUT2D eigenvalue weighted by Crippen LogP contribution is -2.50. The Morgan fingerprint density at radius 1 is 1.30 bits per heavy atom. The molecule has 1 unspecified atom stereocenters. The van der Waals surface area contributed by atoms with E-state index in [0.29, 0.717) is 5.02 Å². The van der Waals surface area contributed by atoms with Crippen LogP contribution in [0.3, 0.4) is 0 Å². The minimum Gasteiger partial charge on any atom is -0.307 e. The summed E-state index contributed by atoms with van der Waals surface area (Å²) in [4.78, 5) is 13.8. The standard InChI is InChI=1S/C16H17ClN2O/c1-15(6-7-15)8-9-16(2)12-10-11(17)4-5-13(12)18-14(20)19(16)3/h4-5,10H,6-7H2,1-3H3,(H,18,20). The topological polar surface area (TPSA) is 32.3 Å². The third-order valence-corrected chi connectivity index (χ3v) is 4.57. The van der Waals surface area contributed by atoms with Crippen LogP contribution in [0.2, 0.25) is 5.02 Å². The van der Waals surface area contributed by atoms with Gasteiger partial charge in [0.15, 0.2) is 0 Å². The first kappa shape index (κ1) is 13.3. The fourth-order valence-corrected chi connectivity index (χ4v) is 2.52. The number of nitrogens with zero attached hydrogens (tertiary/aromatic N) is 1. The van der Waals surface area contributed by atoms with E-state index in [-0.39, 0.29) is 11.4 Å². The number of hydrogen-bond donors (Lipinski definition) is 1. The van der Waals surface area contributed by atoms with Crippen molar-refractivity contribution in [1.82, 2.24) is 4.90 Å². The van der Waals surface area contributed by atoms with Gasteiger partial charge in [0, 0.05) is 28.7 Å². The minimum atomic E-state index is -0.645. The summed E-state index contributed by atoms with van der Waals surface area (Å²) in [5, 5.41) is 3.52. The summed E-state index contributed by atoms with van der Waals surface area (Å²) in [6, 6.07) is 5.36. The van der Waals surface area contributed by atoms with Crippen molar-refractivity contribution >= 4 is 23.3 Å². The molecule has 1 saturated carbocycles. The molecule has 0 radical (unpaired) electrons. The first-order chi connectivity index (χ1) is 9.34. The van der Waals surface area contributed by atoms with Crippen molar-refractivity contribution in [3.63, 3.8) is 0 Å². The molecule has 1 fully saturated rings. The Kier molecular flexibility index (Phi) is 2.78. The minimum absolute atomic E-state index is 0.122. The number of hydrogen-bond acceptors (Lipinski definition) is 1. The van der Waals surface area contributed by atoms with Gasteiger partial charge in [0.05, 0.1) is 0 Å². The van der Waals surface area contributed by atoms with E-state index in [0.717, 1.165) is 24.1 Å². The number of anilines is 1. The Morgan fingerprint density at radius 3 is 2.65 bits per heavy atom. The van der Waals surface area contributed by atoms with Crippen molar-refractivity contribution in [3.8, 4) is 11.8 Å². The number of rotatable bonds is 0. The highest BCUT2D eigenvalue weighted by molar-refractivity contribution is 6.30. The molecule has 4 heteroatoms. The molecule has 1 aromatic rings. The lowest BCUT2D eigenvalue weighted by atomic mass is 9.87. The Balaban J connectivity index is 2.14. The predicted octanol–water partition coefficient (Wildman–Crippen LogP) is 3.84. The van der Waals surface area contributed by atoms with E-state index in [1.807, 2.05) is 19.1 Å². The zero-order chi connectivity index (χ0) is 14.5. The van der Waals surface area contributed by atoms with E-state index in [4.69, 9.17) is 11.6 Å². The van der Waals surface area contributed by atoms with Crippen molar-refractivity contribution in [2.75, 3.05) is 12.4 Å². The normalized spacial score (nSPS) is 26.2. The maximum atomic E-state index is 12.1. The summed E-state index contributed by atoms with van der Waals surface area (Å²) in [6.45, 7) is 4.13. The summed E-state index contributed by atoms with van der Waals surface area (Å²) in [5.41, 5.74) is 1.21. The second-order valence-electron chi connectivity index (χ2n) is 6.06. The Hall–Kier alpha value is -1.66. The molecule has 1 aliphatic heterocycles. The number of urea groups is 1. The smallest absolute Gasteiger partial charge is 0.307 e. The molecule has 0 spiro atoms. The van der Waals surface area contributed by atoms with Gasteiger partial charge in [-0.1, -0.05) is 23.4 Å². The number of benzene rings is 1. The van der Waals surface area contributed by atoms with Crippen LogP contribution in [-0.2, 0) is 5.54 Å². The molecule has 1 aliphatic carbocycles. The molecule has 0 saturated heterocycles. The maximum absolute atomic E-state index is 12.1. The number of carbonyl (C=O) groups excluding carboxylic acids is 1. The van der Waals surface area contributed by atoms with Gasteiger partial charge in [-0.3, -0.25) is 0 Å². The summed E-state index contributed by atoms with van der Waals surface area (Å²) >= 11 is 6.11. The highest BCUT2D eigenvalue weighted by Crippen LogP contribution is 2.45. The van der Waals surface area contributed by atoms with Crippen LogP contribution in [-0.4, -0.2) is 18.0 Å². The van der Waals surface area contributed by atoms with Gasteiger partial charge in [-0.25, -0.2) is 4.79 Å². The van der Waals surface area contributed by atoms with Gasteiger partial charge < -0.3 is 10.2 Å². The number of carbonyl (C=O) groups is 1. The first-order valence-corrected chi connectivity index (χ1v) is 7.11. The lowest BCUT2D eigenvalue weighted by molar-refractivity contribution is 0.183. The van der Waals surface area contributed by atoms with Crippen LogP contribution in [0.15, 0.2) is 18.2 Å². The summed E-state index contributed by atoms with van der Waals surface area (Å²) < 4.78 is 0. The molecule has 1 aromatic carbocycles. The Morgan fingerprint density at radius 2 is 2.00 bits per heavy atom. The molecule has 20 heavy (non-hydrogen) atoms. The predicted molar refractivity (Wildman–Crippen MR) is 80.7 cm³/mol. The third kappa shape index (κ3) is 2.05. The molecule has 2 aliphatic rings. The van der Waals surface area contributed by atoms with Crippen LogP contribution in [0, 0.1) is 17.3 Å². The average Bonchev–Trinajstić information content (AvgIpc) is 3.14. The molecule has 1 atom stereocenters. The average molecular weight is 289 g/mol. The van der Waals surface area contributed by atoms with Crippen molar-refractivity contribution < 1.29 is 4.79 Å². The fraction of sp³-hybridized carbons (Fsp3) is 0.438. The molecule has 0 bridgehead atoms. The van der Waals surface area contributed by atoms with Gasteiger partial charge in [0.2, 0.25) is 0 Å². The number of fused-ring (bicyclic) bond motifs is 1. The van der Waals surface area contributed by atoms with Crippen molar-refractivity contribution in [2.45, 2.75) is 32.2 Å². The molecule has 3 nitrogen and oxygen atoms in total. The number of nitrogens with one attached hydrogen (secondary N) is 1. The molecule has 0 aromatic heterocycles. The van der Waals surface area contributed by atoms with Crippen LogP contribution >= 0.6 is 11.6 Å². The number of halogens is 1. The quantitative estimate of drug-likeness (QED) is 0.723. The SMILES string of the molecule is CN1C(=O)Nc2ccc(Cl)cc2C1(C)C#CC1(C)CC1. The van der Waals surface area contributed by atoms with Gasteiger partial charge in [0.25, 0.3) is 0 Å².